The number of benzene rings is 1. The molecule has 1 aliphatic carbocycles. The first-order valence-electron chi connectivity index (χ1n) is 8.95. The van der Waals surface area contributed by atoms with Crippen molar-refractivity contribution in [3.63, 3.8) is 0 Å². The van der Waals surface area contributed by atoms with E-state index in [1.807, 2.05) is 6.07 Å². The number of fused-ring (bicyclic) bond motifs is 1. The molecule has 0 spiro atoms. The molecule has 2 aliphatic rings. The minimum absolute atomic E-state index is 0.224. The van der Waals surface area contributed by atoms with Crippen LogP contribution in [0.4, 0.5) is 11.4 Å². The number of carbonyl (C=O) groups is 1. The summed E-state index contributed by atoms with van der Waals surface area (Å²) < 4.78 is 5.25. The van der Waals surface area contributed by atoms with Crippen LogP contribution in [0.5, 0.6) is 0 Å². The lowest BCUT2D eigenvalue weighted by atomic mass is 9.88. The highest BCUT2D eigenvalue weighted by Crippen LogP contribution is 2.35. The maximum atomic E-state index is 13.1. The Hall–Kier alpha value is -1.55. The van der Waals surface area contributed by atoms with E-state index in [1.165, 1.54) is 24.9 Å². The van der Waals surface area contributed by atoms with E-state index in [4.69, 9.17) is 4.74 Å². The first-order valence-corrected chi connectivity index (χ1v) is 8.95. The molecule has 1 amide bonds. The van der Waals surface area contributed by atoms with E-state index in [9.17, 15) is 4.79 Å². The van der Waals surface area contributed by atoms with E-state index in [2.05, 4.69) is 28.0 Å². The fraction of sp³-hybridized carbons (Fsp3) is 0.632. The summed E-state index contributed by atoms with van der Waals surface area (Å²) in [6.45, 7) is 3.40. The van der Waals surface area contributed by atoms with Gasteiger partial charge < -0.3 is 14.5 Å². The van der Waals surface area contributed by atoms with Crippen LogP contribution in [0.3, 0.4) is 0 Å². The van der Waals surface area contributed by atoms with E-state index >= 15 is 0 Å². The van der Waals surface area contributed by atoms with Crippen LogP contribution >= 0.6 is 0 Å². The van der Waals surface area contributed by atoms with Gasteiger partial charge in [0.05, 0.1) is 18.0 Å². The van der Waals surface area contributed by atoms with Crippen LogP contribution < -0.4 is 9.80 Å². The zero-order valence-electron chi connectivity index (χ0n) is 14.2. The molecule has 0 bridgehead atoms. The van der Waals surface area contributed by atoms with Gasteiger partial charge in [0.1, 0.15) is 0 Å². The largest absolute Gasteiger partial charge is 0.383 e. The van der Waals surface area contributed by atoms with E-state index < -0.39 is 0 Å². The number of amides is 1. The number of carbonyl (C=O) groups excluding carboxylic acids is 1. The predicted octanol–water partition coefficient (Wildman–Crippen LogP) is 3.46. The van der Waals surface area contributed by atoms with E-state index in [1.54, 1.807) is 7.11 Å². The molecule has 1 saturated carbocycles. The highest BCUT2D eigenvalue weighted by Gasteiger charge is 2.30. The number of hydrogen-bond donors (Lipinski definition) is 0. The molecule has 3 rings (SSSR count). The Kier molecular flexibility index (Phi) is 5.55. The SMILES string of the molecule is COCCN1CCCN(C(=O)C2CCCCC2)c2ccccc21. The Labute approximate surface area is 139 Å². The molecule has 1 fully saturated rings. The molecule has 0 N–H and O–H groups in total. The van der Waals surface area contributed by atoms with Crippen LogP contribution in [-0.4, -0.2) is 39.3 Å². The number of ether oxygens (including phenoxy) is 1. The summed E-state index contributed by atoms with van der Waals surface area (Å²) in [5, 5.41) is 0. The van der Waals surface area contributed by atoms with E-state index in [0.717, 1.165) is 44.6 Å². The molecule has 1 aliphatic heterocycles. The second kappa shape index (κ2) is 7.82. The van der Waals surface area contributed by atoms with Gasteiger partial charge >= 0.3 is 0 Å². The van der Waals surface area contributed by atoms with Gasteiger partial charge in [-0.15, -0.1) is 0 Å². The third kappa shape index (κ3) is 3.69. The number of rotatable bonds is 4. The Morgan fingerprint density at radius 2 is 1.83 bits per heavy atom. The molecule has 0 atom stereocenters. The lowest BCUT2D eigenvalue weighted by Gasteiger charge is -2.30. The molecule has 4 nitrogen and oxygen atoms in total. The van der Waals surface area contributed by atoms with Crippen molar-refractivity contribution in [1.82, 2.24) is 0 Å². The van der Waals surface area contributed by atoms with Gasteiger partial charge in [0.15, 0.2) is 0 Å². The first-order chi connectivity index (χ1) is 11.3. The van der Waals surface area contributed by atoms with Crippen molar-refractivity contribution in [1.29, 1.82) is 0 Å². The van der Waals surface area contributed by atoms with Crippen LogP contribution in [0.2, 0.25) is 0 Å². The van der Waals surface area contributed by atoms with Crippen molar-refractivity contribution in [2.24, 2.45) is 5.92 Å². The predicted molar refractivity (Wildman–Crippen MR) is 94.1 cm³/mol. The maximum absolute atomic E-state index is 13.1. The van der Waals surface area contributed by atoms with Crippen molar-refractivity contribution in [2.45, 2.75) is 38.5 Å². The van der Waals surface area contributed by atoms with Crippen molar-refractivity contribution in [2.75, 3.05) is 43.2 Å². The van der Waals surface area contributed by atoms with Gasteiger partial charge in [-0.2, -0.15) is 0 Å². The average Bonchev–Trinajstić information content (AvgIpc) is 2.80. The van der Waals surface area contributed by atoms with Crippen molar-refractivity contribution in [3.05, 3.63) is 24.3 Å². The van der Waals surface area contributed by atoms with Crippen LogP contribution in [0.15, 0.2) is 24.3 Å². The van der Waals surface area contributed by atoms with Gasteiger partial charge in [-0.05, 0) is 31.4 Å². The zero-order valence-corrected chi connectivity index (χ0v) is 14.2. The first kappa shape index (κ1) is 16.3. The fourth-order valence-corrected chi connectivity index (χ4v) is 3.85. The molecule has 0 saturated heterocycles. The molecule has 1 heterocycles. The summed E-state index contributed by atoms with van der Waals surface area (Å²) >= 11 is 0. The summed E-state index contributed by atoms with van der Waals surface area (Å²) in [5.74, 6) is 0.563. The number of nitrogens with zero attached hydrogens (tertiary/aromatic N) is 2. The molecule has 23 heavy (non-hydrogen) atoms. The molecule has 1 aromatic carbocycles. The van der Waals surface area contributed by atoms with Gasteiger partial charge in [-0.25, -0.2) is 0 Å². The van der Waals surface area contributed by atoms with Crippen molar-refractivity contribution in [3.8, 4) is 0 Å². The van der Waals surface area contributed by atoms with Gasteiger partial charge in [0.2, 0.25) is 5.91 Å². The third-order valence-corrected chi connectivity index (χ3v) is 5.11. The molecule has 0 unspecified atom stereocenters. The van der Waals surface area contributed by atoms with Crippen LogP contribution in [0.25, 0.3) is 0 Å². The quantitative estimate of drug-likeness (QED) is 0.853. The number of hydrogen-bond acceptors (Lipinski definition) is 3. The maximum Gasteiger partial charge on any atom is 0.230 e. The fourth-order valence-electron chi connectivity index (χ4n) is 3.85. The summed E-state index contributed by atoms with van der Waals surface area (Å²) in [7, 11) is 1.74. The highest BCUT2D eigenvalue weighted by molar-refractivity contribution is 5.98. The molecular formula is C19H28N2O2. The second-order valence-electron chi connectivity index (χ2n) is 6.65. The Bertz CT molecular complexity index is 526. The standard InChI is InChI=1S/C19H28N2O2/c1-23-15-14-20-12-7-13-21(18-11-6-5-10-17(18)20)19(22)16-8-3-2-4-9-16/h5-6,10-11,16H,2-4,7-9,12-15H2,1H3. The van der Waals surface area contributed by atoms with Crippen molar-refractivity contribution < 1.29 is 9.53 Å². The minimum atomic E-state index is 0.224. The number of methoxy groups -OCH3 is 1. The number of anilines is 2. The summed E-state index contributed by atoms with van der Waals surface area (Å²) in [5.41, 5.74) is 2.25. The molecule has 0 aromatic heterocycles. The normalized spacial score (nSPS) is 19.3. The number of para-hydroxylation sites is 2. The van der Waals surface area contributed by atoms with Gasteiger partial charge in [0, 0.05) is 32.7 Å². The average molecular weight is 316 g/mol. The van der Waals surface area contributed by atoms with Crippen LogP contribution in [-0.2, 0) is 9.53 Å². The van der Waals surface area contributed by atoms with Crippen LogP contribution in [0, 0.1) is 5.92 Å². The lowest BCUT2D eigenvalue weighted by Crippen LogP contribution is -2.37. The van der Waals surface area contributed by atoms with E-state index in [0.29, 0.717) is 12.5 Å². The molecule has 0 radical (unpaired) electrons. The summed E-state index contributed by atoms with van der Waals surface area (Å²) in [6.07, 6.45) is 6.81. The Balaban J connectivity index is 1.84. The van der Waals surface area contributed by atoms with Gasteiger partial charge in [-0.1, -0.05) is 31.4 Å². The van der Waals surface area contributed by atoms with E-state index in [-0.39, 0.29) is 5.92 Å². The monoisotopic (exact) mass is 316 g/mol. The van der Waals surface area contributed by atoms with Gasteiger partial charge in [-0.3, -0.25) is 4.79 Å². The molecule has 126 valence electrons. The summed E-state index contributed by atoms with van der Waals surface area (Å²) in [6, 6.07) is 8.34. The molecule has 4 heteroatoms. The topological polar surface area (TPSA) is 32.8 Å². The Morgan fingerprint density at radius 1 is 1.09 bits per heavy atom. The lowest BCUT2D eigenvalue weighted by molar-refractivity contribution is -0.123. The Morgan fingerprint density at radius 3 is 2.57 bits per heavy atom. The minimum Gasteiger partial charge on any atom is -0.383 e. The zero-order chi connectivity index (χ0) is 16.1. The van der Waals surface area contributed by atoms with Crippen molar-refractivity contribution >= 4 is 17.3 Å². The smallest absolute Gasteiger partial charge is 0.230 e. The van der Waals surface area contributed by atoms with Gasteiger partial charge in [0.25, 0.3) is 0 Å². The molecular weight excluding hydrogens is 288 g/mol. The highest BCUT2D eigenvalue weighted by atomic mass is 16.5. The summed E-state index contributed by atoms with van der Waals surface area (Å²) in [4.78, 5) is 17.5. The molecule has 1 aromatic rings. The third-order valence-electron chi connectivity index (χ3n) is 5.11. The second-order valence-corrected chi connectivity index (χ2v) is 6.65. The van der Waals surface area contributed by atoms with Crippen LogP contribution in [0.1, 0.15) is 38.5 Å².